The molecule has 5 heteroatoms. The molecule has 2 heterocycles. The largest absolute Gasteiger partial charge is 0.368 e. The van der Waals surface area contributed by atoms with Gasteiger partial charge in [-0.05, 0) is 38.6 Å². The lowest BCUT2D eigenvalue weighted by atomic mass is 9.94. The molecule has 0 bridgehead atoms. The molecular weight excluding hydrogens is 218 g/mol. The summed E-state index contributed by atoms with van der Waals surface area (Å²) in [7, 11) is 0. The molecule has 2 aliphatic heterocycles. The molecule has 0 radical (unpaired) electrons. The van der Waals surface area contributed by atoms with Crippen molar-refractivity contribution in [2.75, 3.05) is 19.6 Å². The molecule has 2 rings (SSSR count). The maximum absolute atomic E-state index is 12.3. The Labute approximate surface area is 102 Å². The average molecular weight is 239 g/mol. The second-order valence-electron chi connectivity index (χ2n) is 4.99. The number of nitrogens with two attached hydrogens (primary N) is 1. The number of amides is 2. The van der Waals surface area contributed by atoms with Crippen molar-refractivity contribution in [3.05, 3.63) is 0 Å². The molecular formula is C12H21N3O2. The monoisotopic (exact) mass is 239 g/mol. The lowest BCUT2D eigenvalue weighted by Gasteiger charge is -2.37. The first-order valence-electron chi connectivity index (χ1n) is 6.50. The molecule has 2 atom stereocenters. The van der Waals surface area contributed by atoms with Gasteiger partial charge in [-0.2, -0.15) is 0 Å². The minimum absolute atomic E-state index is 0.0312. The number of carbonyl (C=O) groups is 2. The molecule has 0 aliphatic carbocycles. The highest BCUT2D eigenvalue weighted by Gasteiger charge is 2.34. The zero-order valence-electron chi connectivity index (χ0n) is 10.2. The van der Waals surface area contributed by atoms with Gasteiger partial charge < -0.3 is 16.0 Å². The predicted molar refractivity (Wildman–Crippen MR) is 64.1 cm³/mol. The molecule has 1 unspecified atom stereocenters. The van der Waals surface area contributed by atoms with Crippen LogP contribution in [-0.4, -0.2) is 42.4 Å². The Morgan fingerprint density at radius 2 is 2.00 bits per heavy atom. The summed E-state index contributed by atoms with van der Waals surface area (Å²) in [5.74, 6) is -0.216. The first-order chi connectivity index (χ1) is 8.20. The Morgan fingerprint density at radius 1 is 1.18 bits per heavy atom. The van der Waals surface area contributed by atoms with Crippen LogP contribution in [0.2, 0.25) is 0 Å². The highest BCUT2D eigenvalue weighted by atomic mass is 16.2. The molecule has 17 heavy (non-hydrogen) atoms. The van der Waals surface area contributed by atoms with Crippen LogP contribution in [0.25, 0.3) is 0 Å². The van der Waals surface area contributed by atoms with Crippen molar-refractivity contribution < 1.29 is 9.59 Å². The summed E-state index contributed by atoms with van der Waals surface area (Å²) in [5, 5.41) is 3.24. The molecule has 0 aromatic rings. The van der Waals surface area contributed by atoms with Gasteiger partial charge in [0.1, 0.15) is 6.04 Å². The van der Waals surface area contributed by atoms with Gasteiger partial charge in [0, 0.05) is 13.1 Å². The van der Waals surface area contributed by atoms with Gasteiger partial charge in [0.15, 0.2) is 0 Å². The third-order valence-corrected chi connectivity index (χ3v) is 3.76. The highest BCUT2D eigenvalue weighted by Crippen LogP contribution is 2.21. The van der Waals surface area contributed by atoms with Crippen LogP contribution in [0.4, 0.5) is 0 Å². The molecule has 96 valence electrons. The van der Waals surface area contributed by atoms with E-state index in [4.69, 9.17) is 5.73 Å². The average Bonchev–Trinajstić information content (AvgIpc) is 2.39. The van der Waals surface area contributed by atoms with Crippen LogP contribution in [0.15, 0.2) is 0 Å². The van der Waals surface area contributed by atoms with E-state index in [1.165, 1.54) is 0 Å². The fourth-order valence-electron chi connectivity index (χ4n) is 2.79. The highest BCUT2D eigenvalue weighted by molar-refractivity contribution is 5.88. The van der Waals surface area contributed by atoms with E-state index in [1.807, 2.05) is 0 Å². The number of piperidine rings is 2. The minimum Gasteiger partial charge on any atom is -0.368 e. The quantitative estimate of drug-likeness (QED) is 0.704. The smallest absolute Gasteiger partial charge is 0.240 e. The summed E-state index contributed by atoms with van der Waals surface area (Å²) >= 11 is 0. The van der Waals surface area contributed by atoms with Gasteiger partial charge in [0.25, 0.3) is 0 Å². The van der Waals surface area contributed by atoms with E-state index in [-0.39, 0.29) is 23.8 Å². The Hall–Kier alpha value is -1.10. The van der Waals surface area contributed by atoms with Gasteiger partial charge in [0.05, 0.1) is 5.92 Å². The van der Waals surface area contributed by atoms with Crippen molar-refractivity contribution in [1.82, 2.24) is 10.2 Å². The standard InChI is InChI=1S/C12H21N3O2/c13-11(16)10-5-1-2-7-15(10)12(17)9-4-3-6-14-8-9/h9-10,14H,1-8H2,(H2,13,16)/t9-,10?/m1/s1. The van der Waals surface area contributed by atoms with Crippen molar-refractivity contribution in [3.8, 4) is 0 Å². The van der Waals surface area contributed by atoms with Gasteiger partial charge in [-0.25, -0.2) is 0 Å². The first-order valence-corrected chi connectivity index (χ1v) is 6.50. The van der Waals surface area contributed by atoms with Gasteiger partial charge in [0.2, 0.25) is 11.8 Å². The van der Waals surface area contributed by atoms with Crippen molar-refractivity contribution in [3.63, 3.8) is 0 Å². The van der Waals surface area contributed by atoms with Crippen LogP contribution in [-0.2, 0) is 9.59 Å². The molecule has 0 spiro atoms. The first kappa shape index (κ1) is 12.4. The van der Waals surface area contributed by atoms with E-state index in [9.17, 15) is 9.59 Å². The van der Waals surface area contributed by atoms with Crippen molar-refractivity contribution >= 4 is 11.8 Å². The molecule has 5 nitrogen and oxygen atoms in total. The number of rotatable bonds is 2. The molecule has 3 N–H and O–H groups in total. The minimum atomic E-state index is -0.377. The van der Waals surface area contributed by atoms with Crippen molar-refractivity contribution in [2.45, 2.75) is 38.1 Å². The Morgan fingerprint density at radius 3 is 2.65 bits per heavy atom. The summed E-state index contributed by atoms with van der Waals surface area (Å²) in [6, 6.07) is -0.377. The number of nitrogens with one attached hydrogen (secondary N) is 1. The maximum Gasteiger partial charge on any atom is 0.240 e. The fraction of sp³-hybridized carbons (Fsp3) is 0.833. The molecule has 0 saturated carbocycles. The van der Waals surface area contributed by atoms with Crippen LogP contribution in [0.5, 0.6) is 0 Å². The predicted octanol–water partition coefficient (Wildman–Crippen LogP) is -0.148. The van der Waals surface area contributed by atoms with Gasteiger partial charge in [-0.1, -0.05) is 0 Å². The lowest BCUT2D eigenvalue weighted by molar-refractivity contribution is -0.144. The van der Waals surface area contributed by atoms with Gasteiger partial charge in [-0.3, -0.25) is 9.59 Å². The SMILES string of the molecule is NC(=O)C1CCCCN1C(=O)[C@@H]1CCCNC1. The van der Waals surface area contributed by atoms with Crippen molar-refractivity contribution in [1.29, 1.82) is 0 Å². The maximum atomic E-state index is 12.3. The number of hydrogen-bond donors (Lipinski definition) is 2. The van der Waals surface area contributed by atoms with E-state index in [1.54, 1.807) is 4.90 Å². The number of likely N-dealkylation sites (tertiary alicyclic amines) is 1. The van der Waals surface area contributed by atoms with E-state index in [0.717, 1.165) is 45.2 Å². The Bertz CT molecular complexity index is 300. The molecule has 0 aromatic carbocycles. The van der Waals surface area contributed by atoms with E-state index >= 15 is 0 Å². The summed E-state index contributed by atoms with van der Waals surface area (Å²) in [4.78, 5) is 25.4. The summed E-state index contributed by atoms with van der Waals surface area (Å²) in [6.45, 7) is 2.41. The van der Waals surface area contributed by atoms with Crippen LogP contribution >= 0.6 is 0 Å². The molecule has 2 aliphatic rings. The zero-order valence-corrected chi connectivity index (χ0v) is 10.2. The van der Waals surface area contributed by atoms with Crippen LogP contribution in [0.3, 0.4) is 0 Å². The zero-order chi connectivity index (χ0) is 12.3. The van der Waals surface area contributed by atoms with Crippen LogP contribution in [0, 0.1) is 5.92 Å². The summed E-state index contributed by atoms with van der Waals surface area (Å²) in [5.41, 5.74) is 5.38. The fourth-order valence-corrected chi connectivity index (χ4v) is 2.79. The Balaban J connectivity index is 2.02. The van der Waals surface area contributed by atoms with Crippen molar-refractivity contribution in [2.24, 2.45) is 11.7 Å². The number of primary amides is 1. The van der Waals surface area contributed by atoms with Gasteiger partial charge >= 0.3 is 0 Å². The number of carbonyl (C=O) groups excluding carboxylic acids is 2. The van der Waals surface area contributed by atoms with E-state index in [2.05, 4.69) is 5.32 Å². The number of nitrogens with zero attached hydrogens (tertiary/aromatic N) is 1. The van der Waals surface area contributed by atoms with Gasteiger partial charge in [-0.15, -0.1) is 0 Å². The Kier molecular flexibility index (Phi) is 3.99. The third kappa shape index (κ3) is 2.77. The van der Waals surface area contributed by atoms with E-state index < -0.39 is 0 Å². The molecule has 2 fully saturated rings. The molecule has 0 aromatic heterocycles. The normalized spacial score (nSPS) is 30.0. The lowest BCUT2D eigenvalue weighted by Crippen LogP contribution is -2.54. The second kappa shape index (κ2) is 5.49. The third-order valence-electron chi connectivity index (χ3n) is 3.76. The summed E-state index contributed by atoms with van der Waals surface area (Å²) in [6.07, 6.45) is 4.65. The second-order valence-corrected chi connectivity index (χ2v) is 4.99. The molecule has 2 amide bonds. The van der Waals surface area contributed by atoms with Crippen LogP contribution in [0.1, 0.15) is 32.1 Å². The van der Waals surface area contributed by atoms with Crippen LogP contribution < -0.4 is 11.1 Å². The summed E-state index contributed by atoms with van der Waals surface area (Å²) < 4.78 is 0. The number of hydrogen-bond acceptors (Lipinski definition) is 3. The molecule has 2 saturated heterocycles. The topological polar surface area (TPSA) is 75.4 Å². The van der Waals surface area contributed by atoms with E-state index in [0.29, 0.717) is 6.54 Å².